The van der Waals surface area contributed by atoms with Crippen molar-refractivity contribution in [3.63, 3.8) is 0 Å². The number of pyridine rings is 1. The molecule has 0 N–H and O–H groups in total. The van der Waals surface area contributed by atoms with Crippen molar-refractivity contribution in [3.8, 4) is 50.8 Å². The topological polar surface area (TPSA) is 47.9 Å². The SMILES string of the molecule is CC1(C)c2ccccc2-c2cc3c(cc21)-c1ccc(-c2nc(-c4ccccn4)c4ccccc4n2)cc1OC3. The molecule has 3 heterocycles. The zero-order valence-corrected chi connectivity index (χ0v) is 21.8. The second-order valence-corrected chi connectivity index (χ2v) is 10.9. The first-order valence-corrected chi connectivity index (χ1v) is 13.3. The van der Waals surface area contributed by atoms with Gasteiger partial charge in [-0.25, -0.2) is 9.97 Å². The van der Waals surface area contributed by atoms with Crippen molar-refractivity contribution in [2.45, 2.75) is 25.9 Å². The second kappa shape index (κ2) is 8.08. The number of rotatable bonds is 2. The second-order valence-electron chi connectivity index (χ2n) is 10.9. The maximum atomic E-state index is 6.35. The molecular formula is C35H25N3O. The molecule has 8 rings (SSSR count). The van der Waals surface area contributed by atoms with E-state index in [9.17, 15) is 0 Å². The molecule has 0 radical (unpaired) electrons. The molecule has 0 unspecified atom stereocenters. The maximum absolute atomic E-state index is 6.35. The van der Waals surface area contributed by atoms with Crippen LogP contribution >= 0.6 is 0 Å². The number of hydrogen-bond donors (Lipinski definition) is 0. The van der Waals surface area contributed by atoms with Gasteiger partial charge in [0.2, 0.25) is 0 Å². The van der Waals surface area contributed by atoms with Crippen molar-refractivity contribution in [1.82, 2.24) is 15.0 Å². The zero-order chi connectivity index (χ0) is 26.1. The molecule has 0 saturated carbocycles. The molecule has 39 heavy (non-hydrogen) atoms. The van der Waals surface area contributed by atoms with Gasteiger partial charge in [-0.05, 0) is 75.8 Å². The van der Waals surface area contributed by atoms with Gasteiger partial charge in [-0.1, -0.05) is 68.4 Å². The molecule has 0 saturated heterocycles. The van der Waals surface area contributed by atoms with Gasteiger partial charge in [0, 0.05) is 28.1 Å². The lowest BCUT2D eigenvalue weighted by atomic mass is 9.80. The van der Waals surface area contributed by atoms with E-state index in [-0.39, 0.29) is 5.41 Å². The number of hydrogen-bond acceptors (Lipinski definition) is 4. The molecule has 0 fully saturated rings. The Hall–Kier alpha value is -4.83. The van der Waals surface area contributed by atoms with Crippen LogP contribution < -0.4 is 4.74 Å². The molecule has 6 aromatic rings. The summed E-state index contributed by atoms with van der Waals surface area (Å²) in [6, 6.07) is 33.8. The minimum atomic E-state index is -0.0415. The first-order chi connectivity index (χ1) is 19.1. The summed E-state index contributed by atoms with van der Waals surface area (Å²) in [6.45, 7) is 5.19. The van der Waals surface area contributed by atoms with Gasteiger partial charge in [-0.3, -0.25) is 4.98 Å². The highest BCUT2D eigenvalue weighted by Gasteiger charge is 2.36. The molecule has 2 aliphatic rings. The highest BCUT2D eigenvalue weighted by molar-refractivity contribution is 5.93. The van der Waals surface area contributed by atoms with E-state index in [1.807, 2.05) is 42.5 Å². The average molecular weight is 504 g/mol. The molecule has 4 heteroatoms. The van der Waals surface area contributed by atoms with Gasteiger partial charge < -0.3 is 4.74 Å². The number of aromatic nitrogens is 3. The van der Waals surface area contributed by atoms with Crippen LogP contribution in [0, 0.1) is 0 Å². The molecule has 0 spiro atoms. The lowest BCUT2D eigenvalue weighted by Crippen LogP contribution is -2.16. The van der Waals surface area contributed by atoms with Gasteiger partial charge in [0.1, 0.15) is 18.1 Å². The maximum Gasteiger partial charge on any atom is 0.160 e. The third kappa shape index (κ3) is 3.28. The molecule has 1 aliphatic heterocycles. The van der Waals surface area contributed by atoms with Crippen LogP contribution in [0.2, 0.25) is 0 Å². The smallest absolute Gasteiger partial charge is 0.160 e. The molecule has 4 nitrogen and oxygen atoms in total. The van der Waals surface area contributed by atoms with E-state index in [0.717, 1.165) is 39.2 Å². The monoisotopic (exact) mass is 503 g/mol. The van der Waals surface area contributed by atoms with Crippen molar-refractivity contribution < 1.29 is 4.74 Å². The van der Waals surface area contributed by atoms with Gasteiger partial charge in [-0.2, -0.15) is 0 Å². The molecule has 1 aliphatic carbocycles. The van der Waals surface area contributed by atoms with E-state index in [0.29, 0.717) is 12.4 Å². The van der Waals surface area contributed by atoms with Crippen molar-refractivity contribution in [2.24, 2.45) is 0 Å². The number of para-hydroxylation sites is 1. The zero-order valence-electron chi connectivity index (χ0n) is 21.8. The predicted octanol–water partition coefficient (Wildman–Crippen LogP) is 8.22. The van der Waals surface area contributed by atoms with Crippen molar-refractivity contribution in [2.75, 3.05) is 0 Å². The Balaban J connectivity index is 1.26. The van der Waals surface area contributed by atoms with Crippen LogP contribution in [0.25, 0.3) is 55.9 Å². The van der Waals surface area contributed by atoms with Crippen LogP contribution in [0.3, 0.4) is 0 Å². The number of ether oxygens (including phenoxy) is 1. The van der Waals surface area contributed by atoms with Crippen LogP contribution in [-0.2, 0) is 12.0 Å². The summed E-state index contributed by atoms with van der Waals surface area (Å²) < 4.78 is 6.35. The molecule has 186 valence electrons. The Kier molecular flexibility index (Phi) is 4.60. The summed E-state index contributed by atoms with van der Waals surface area (Å²) in [7, 11) is 0. The predicted molar refractivity (Wildman–Crippen MR) is 156 cm³/mol. The lowest BCUT2D eigenvalue weighted by molar-refractivity contribution is 0.302. The lowest BCUT2D eigenvalue weighted by Gasteiger charge is -2.26. The van der Waals surface area contributed by atoms with Crippen LogP contribution in [0.4, 0.5) is 0 Å². The summed E-state index contributed by atoms with van der Waals surface area (Å²) in [6.07, 6.45) is 1.80. The third-order valence-electron chi connectivity index (χ3n) is 8.23. The summed E-state index contributed by atoms with van der Waals surface area (Å²) in [5, 5.41) is 0.987. The highest BCUT2D eigenvalue weighted by Crippen LogP contribution is 2.52. The Morgan fingerprint density at radius 2 is 1.54 bits per heavy atom. The van der Waals surface area contributed by atoms with Crippen molar-refractivity contribution in [1.29, 1.82) is 0 Å². The number of benzene rings is 4. The first-order valence-electron chi connectivity index (χ1n) is 13.3. The van der Waals surface area contributed by atoms with E-state index in [2.05, 4.69) is 73.4 Å². The Bertz CT molecular complexity index is 1940. The Morgan fingerprint density at radius 3 is 2.44 bits per heavy atom. The molecule has 0 bridgehead atoms. The first kappa shape index (κ1) is 22.2. The van der Waals surface area contributed by atoms with Crippen LogP contribution in [0.5, 0.6) is 5.75 Å². The largest absolute Gasteiger partial charge is 0.488 e. The van der Waals surface area contributed by atoms with Crippen LogP contribution in [0.1, 0.15) is 30.5 Å². The summed E-state index contributed by atoms with van der Waals surface area (Å²) >= 11 is 0. The van der Waals surface area contributed by atoms with Crippen molar-refractivity contribution >= 4 is 10.9 Å². The van der Waals surface area contributed by atoms with E-state index in [1.165, 1.54) is 33.4 Å². The standard InChI is InChI=1S/C35H25N3O/c1-35(2)28-11-5-3-9-23(28)27-17-22-20-39-32-18-21(14-15-24(32)26(22)19-29(27)35)34-37-30-12-6-4-10-25(30)33(38-34)31-13-7-8-16-36-31/h3-19H,20H2,1-2H3. The Labute approximate surface area is 227 Å². The van der Waals surface area contributed by atoms with E-state index in [1.54, 1.807) is 6.20 Å². The number of fused-ring (bicyclic) bond motifs is 7. The van der Waals surface area contributed by atoms with E-state index >= 15 is 0 Å². The summed E-state index contributed by atoms with van der Waals surface area (Å²) in [4.78, 5) is 14.5. The highest BCUT2D eigenvalue weighted by atomic mass is 16.5. The molecule has 0 amide bonds. The third-order valence-corrected chi connectivity index (χ3v) is 8.23. The van der Waals surface area contributed by atoms with E-state index < -0.39 is 0 Å². The van der Waals surface area contributed by atoms with Crippen molar-refractivity contribution in [3.05, 3.63) is 120 Å². The fraction of sp³-hybridized carbons (Fsp3) is 0.114. The molecular weight excluding hydrogens is 478 g/mol. The fourth-order valence-electron chi connectivity index (χ4n) is 6.23. The van der Waals surface area contributed by atoms with Gasteiger partial charge >= 0.3 is 0 Å². The van der Waals surface area contributed by atoms with Gasteiger partial charge in [-0.15, -0.1) is 0 Å². The van der Waals surface area contributed by atoms with Crippen LogP contribution in [0.15, 0.2) is 103 Å². The average Bonchev–Trinajstić information content (AvgIpc) is 3.21. The minimum absolute atomic E-state index is 0.0415. The van der Waals surface area contributed by atoms with Gasteiger partial charge in [0.25, 0.3) is 0 Å². The van der Waals surface area contributed by atoms with Gasteiger partial charge in [0.05, 0.1) is 11.2 Å². The fourth-order valence-corrected chi connectivity index (χ4v) is 6.23. The van der Waals surface area contributed by atoms with E-state index in [4.69, 9.17) is 14.7 Å². The Morgan fingerprint density at radius 1 is 0.692 bits per heavy atom. The van der Waals surface area contributed by atoms with Gasteiger partial charge in [0.15, 0.2) is 5.82 Å². The van der Waals surface area contributed by atoms with Crippen LogP contribution in [-0.4, -0.2) is 15.0 Å². The summed E-state index contributed by atoms with van der Waals surface area (Å²) in [5.41, 5.74) is 12.4. The minimum Gasteiger partial charge on any atom is -0.488 e. The molecule has 2 aromatic heterocycles. The summed E-state index contributed by atoms with van der Waals surface area (Å²) in [5.74, 6) is 1.53. The molecule has 4 aromatic carbocycles. The normalized spacial score (nSPS) is 14.2. The quantitative estimate of drug-likeness (QED) is 0.239. The molecule has 0 atom stereocenters. The number of nitrogens with zero attached hydrogens (tertiary/aromatic N) is 3.